The number of carbonyl (C=O) groups excluding carboxylic acids is 1. The standard InChI is InChI=1S/C26H29N5O2/c1-2-3-14-30-22(17-21-24(30)28-23-13-7-8-15-31(23)26(21)33)25(32)27-18-20-12-9-16-29(20)19-10-5-4-6-11-19/h4-8,10-11,13,15,17,20H,2-3,9,12,14,16,18H2,1H3,(H,27,32). The van der Waals surface area contributed by atoms with Gasteiger partial charge in [0.05, 0.1) is 5.39 Å². The fourth-order valence-corrected chi connectivity index (χ4v) is 4.79. The average molecular weight is 444 g/mol. The highest BCUT2D eigenvalue weighted by atomic mass is 16.2. The molecule has 1 fully saturated rings. The van der Waals surface area contributed by atoms with Crippen molar-refractivity contribution in [3.63, 3.8) is 0 Å². The van der Waals surface area contributed by atoms with Gasteiger partial charge in [-0.1, -0.05) is 37.6 Å². The highest BCUT2D eigenvalue weighted by molar-refractivity contribution is 5.98. The van der Waals surface area contributed by atoms with Gasteiger partial charge >= 0.3 is 0 Å². The second-order valence-corrected chi connectivity index (χ2v) is 8.65. The molecule has 0 spiro atoms. The van der Waals surface area contributed by atoms with Crippen LogP contribution in [0.4, 0.5) is 5.69 Å². The van der Waals surface area contributed by atoms with Crippen LogP contribution in [0, 0.1) is 0 Å². The zero-order valence-corrected chi connectivity index (χ0v) is 18.9. The van der Waals surface area contributed by atoms with E-state index in [0.29, 0.717) is 35.5 Å². The van der Waals surface area contributed by atoms with Crippen molar-refractivity contribution in [3.8, 4) is 0 Å². The summed E-state index contributed by atoms with van der Waals surface area (Å²) >= 11 is 0. The summed E-state index contributed by atoms with van der Waals surface area (Å²) in [6.07, 6.45) is 5.76. The van der Waals surface area contributed by atoms with E-state index < -0.39 is 0 Å². The topological polar surface area (TPSA) is 71.6 Å². The van der Waals surface area contributed by atoms with Crippen LogP contribution in [0.15, 0.2) is 65.6 Å². The zero-order chi connectivity index (χ0) is 22.8. The second-order valence-electron chi connectivity index (χ2n) is 8.65. The number of amides is 1. The van der Waals surface area contributed by atoms with E-state index in [2.05, 4.69) is 29.3 Å². The third kappa shape index (κ3) is 3.99. The van der Waals surface area contributed by atoms with Crippen molar-refractivity contribution in [1.82, 2.24) is 19.3 Å². The van der Waals surface area contributed by atoms with E-state index in [1.54, 1.807) is 12.3 Å². The fraction of sp³-hybridized carbons (Fsp3) is 0.346. The number of nitrogens with one attached hydrogen (secondary N) is 1. The van der Waals surface area contributed by atoms with Crippen LogP contribution in [-0.4, -0.2) is 39.0 Å². The molecule has 0 aliphatic carbocycles. The Morgan fingerprint density at radius 2 is 1.97 bits per heavy atom. The summed E-state index contributed by atoms with van der Waals surface area (Å²) in [5.41, 5.74) is 2.71. The van der Waals surface area contributed by atoms with Crippen LogP contribution in [-0.2, 0) is 6.54 Å². The molecule has 1 aliphatic rings. The van der Waals surface area contributed by atoms with Crippen molar-refractivity contribution in [1.29, 1.82) is 0 Å². The minimum atomic E-state index is -0.155. The lowest BCUT2D eigenvalue weighted by atomic mass is 10.2. The van der Waals surface area contributed by atoms with E-state index in [1.165, 1.54) is 10.1 Å². The lowest BCUT2D eigenvalue weighted by Crippen LogP contribution is -2.40. The minimum Gasteiger partial charge on any atom is -0.367 e. The van der Waals surface area contributed by atoms with Crippen molar-refractivity contribution in [2.45, 2.75) is 45.2 Å². The maximum absolute atomic E-state index is 13.3. The summed E-state index contributed by atoms with van der Waals surface area (Å²) in [5.74, 6) is -0.155. The van der Waals surface area contributed by atoms with E-state index in [9.17, 15) is 9.59 Å². The number of hydrogen-bond acceptors (Lipinski definition) is 4. The molecule has 4 aromatic rings. The molecule has 33 heavy (non-hydrogen) atoms. The summed E-state index contributed by atoms with van der Waals surface area (Å²) in [6, 6.07) is 17.8. The number of pyridine rings is 1. The molecule has 3 aromatic heterocycles. The second kappa shape index (κ2) is 9.10. The molecule has 1 aliphatic heterocycles. The Bertz CT molecular complexity index is 1340. The molecule has 1 atom stereocenters. The molecule has 0 radical (unpaired) electrons. The van der Waals surface area contributed by atoms with Gasteiger partial charge < -0.3 is 14.8 Å². The molecule has 7 heteroatoms. The van der Waals surface area contributed by atoms with Gasteiger partial charge in [0.2, 0.25) is 0 Å². The monoisotopic (exact) mass is 443 g/mol. The van der Waals surface area contributed by atoms with E-state index in [4.69, 9.17) is 4.98 Å². The first kappa shape index (κ1) is 21.2. The number of nitrogens with zero attached hydrogens (tertiary/aromatic N) is 4. The summed E-state index contributed by atoms with van der Waals surface area (Å²) < 4.78 is 3.44. The van der Waals surface area contributed by atoms with Gasteiger partial charge in [-0.25, -0.2) is 4.98 Å². The molecule has 5 rings (SSSR count). The number of unbranched alkanes of at least 4 members (excludes halogenated alkanes) is 1. The van der Waals surface area contributed by atoms with Crippen molar-refractivity contribution in [2.24, 2.45) is 0 Å². The summed E-state index contributed by atoms with van der Waals surface area (Å²) in [4.78, 5) is 33.5. The highest BCUT2D eigenvalue weighted by Gasteiger charge is 2.26. The Hall–Kier alpha value is -3.61. The largest absolute Gasteiger partial charge is 0.367 e. The number of carbonyl (C=O) groups is 1. The van der Waals surface area contributed by atoms with Crippen LogP contribution in [0.2, 0.25) is 0 Å². The molecule has 0 saturated carbocycles. The molecule has 1 aromatic carbocycles. The number of rotatable bonds is 7. The molecule has 1 amide bonds. The van der Waals surface area contributed by atoms with Crippen LogP contribution in [0.5, 0.6) is 0 Å². The zero-order valence-electron chi connectivity index (χ0n) is 18.9. The summed E-state index contributed by atoms with van der Waals surface area (Å²) in [5, 5.41) is 3.62. The van der Waals surface area contributed by atoms with Crippen molar-refractivity contribution >= 4 is 28.3 Å². The molecular formula is C26H29N5O2. The van der Waals surface area contributed by atoms with Gasteiger partial charge in [-0.15, -0.1) is 0 Å². The molecule has 170 valence electrons. The minimum absolute atomic E-state index is 0.147. The van der Waals surface area contributed by atoms with Gasteiger partial charge in [0.25, 0.3) is 11.5 Å². The molecule has 1 saturated heterocycles. The number of fused-ring (bicyclic) bond motifs is 2. The van der Waals surface area contributed by atoms with Crippen LogP contribution in [0.1, 0.15) is 43.1 Å². The quantitative estimate of drug-likeness (QED) is 0.471. The predicted molar refractivity (Wildman–Crippen MR) is 131 cm³/mol. The molecule has 1 unspecified atom stereocenters. The molecular weight excluding hydrogens is 414 g/mol. The Kier molecular flexibility index (Phi) is 5.86. The van der Waals surface area contributed by atoms with E-state index in [1.807, 2.05) is 41.0 Å². The number of benzene rings is 1. The van der Waals surface area contributed by atoms with Crippen LogP contribution in [0.25, 0.3) is 16.7 Å². The third-order valence-electron chi connectivity index (χ3n) is 6.51. The Morgan fingerprint density at radius 3 is 2.79 bits per heavy atom. The van der Waals surface area contributed by atoms with E-state index >= 15 is 0 Å². The van der Waals surface area contributed by atoms with E-state index in [-0.39, 0.29) is 17.5 Å². The Balaban J connectivity index is 1.44. The maximum atomic E-state index is 13.3. The number of aryl methyl sites for hydroxylation is 1. The first-order valence-electron chi connectivity index (χ1n) is 11.8. The number of aromatic nitrogens is 3. The first-order chi connectivity index (χ1) is 16.2. The third-order valence-corrected chi connectivity index (χ3v) is 6.51. The van der Waals surface area contributed by atoms with Gasteiger partial charge in [-0.05, 0) is 49.6 Å². The predicted octanol–water partition coefficient (Wildman–Crippen LogP) is 3.85. The highest BCUT2D eigenvalue weighted by Crippen LogP contribution is 2.25. The lowest BCUT2D eigenvalue weighted by molar-refractivity contribution is 0.0942. The van der Waals surface area contributed by atoms with Gasteiger partial charge in [0.1, 0.15) is 17.0 Å². The SMILES string of the molecule is CCCCn1c(C(=O)NCC2CCCN2c2ccccc2)cc2c(=O)n3ccccc3nc21. The lowest BCUT2D eigenvalue weighted by Gasteiger charge is -2.27. The molecule has 4 heterocycles. The maximum Gasteiger partial charge on any atom is 0.268 e. The van der Waals surface area contributed by atoms with Gasteiger partial charge in [0.15, 0.2) is 0 Å². The first-order valence-corrected chi connectivity index (χ1v) is 11.8. The summed E-state index contributed by atoms with van der Waals surface area (Å²) in [6.45, 7) is 4.32. The normalized spacial score (nSPS) is 16.0. The smallest absolute Gasteiger partial charge is 0.268 e. The molecule has 1 N–H and O–H groups in total. The van der Waals surface area contributed by atoms with Gasteiger partial charge in [-0.3, -0.25) is 14.0 Å². The van der Waals surface area contributed by atoms with Crippen LogP contribution < -0.4 is 15.8 Å². The van der Waals surface area contributed by atoms with Crippen molar-refractivity contribution in [2.75, 3.05) is 18.0 Å². The Morgan fingerprint density at radius 1 is 1.15 bits per heavy atom. The van der Waals surface area contributed by atoms with E-state index in [0.717, 1.165) is 32.2 Å². The van der Waals surface area contributed by atoms with Crippen molar-refractivity contribution < 1.29 is 4.79 Å². The Labute approximate surface area is 192 Å². The summed E-state index contributed by atoms with van der Waals surface area (Å²) in [7, 11) is 0. The fourth-order valence-electron chi connectivity index (χ4n) is 4.79. The number of hydrogen-bond donors (Lipinski definition) is 1. The molecule has 7 nitrogen and oxygen atoms in total. The number of para-hydroxylation sites is 1. The van der Waals surface area contributed by atoms with Gasteiger partial charge in [-0.2, -0.15) is 0 Å². The average Bonchev–Trinajstić information content (AvgIpc) is 3.47. The number of anilines is 1. The molecule has 0 bridgehead atoms. The van der Waals surface area contributed by atoms with Crippen LogP contribution in [0.3, 0.4) is 0 Å². The van der Waals surface area contributed by atoms with Gasteiger partial charge in [0, 0.05) is 37.6 Å². The van der Waals surface area contributed by atoms with Crippen molar-refractivity contribution in [3.05, 3.63) is 76.8 Å². The van der Waals surface area contributed by atoms with Crippen LogP contribution >= 0.6 is 0 Å².